The summed E-state index contributed by atoms with van der Waals surface area (Å²) in [7, 11) is 0. The Morgan fingerprint density at radius 3 is 2.23 bits per heavy atom. The van der Waals surface area contributed by atoms with Crippen molar-refractivity contribution in [3.63, 3.8) is 0 Å². The Hall–Kier alpha value is -2.13. The van der Waals surface area contributed by atoms with Gasteiger partial charge in [0.2, 0.25) is 0 Å². The van der Waals surface area contributed by atoms with Crippen LogP contribution in [0.2, 0.25) is 0 Å². The minimum Gasteiger partial charge on any atom is -0.348 e. The monoisotopic (exact) mass is 351 g/mol. The molecule has 1 amide bonds. The predicted molar refractivity (Wildman–Crippen MR) is 106 cm³/mol. The molecule has 0 saturated heterocycles. The van der Waals surface area contributed by atoms with Crippen molar-refractivity contribution in [2.24, 2.45) is 0 Å². The molecular formula is C23H31N2O+. The van der Waals surface area contributed by atoms with E-state index in [1.165, 1.54) is 36.0 Å². The van der Waals surface area contributed by atoms with E-state index in [2.05, 4.69) is 66.1 Å². The number of aryl methyl sites for hydroxylation is 1. The van der Waals surface area contributed by atoms with Crippen LogP contribution in [0.5, 0.6) is 0 Å². The highest BCUT2D eigenvalue weighted by molar-refractivity contribution is 5.80. The topological polar surface area (TPSA) is 45.7 Å². The largest absolute Gasteiger partial charge is 0.348 e. The van der Waals surface area contributed by atoms with Gasteiger partial charge in [-0.15, -0.1) is 0 Å². The normalized spacial score (nSPS) is 17.5. The Morgan fingerprint density at radius 1 is 0.962 bits per heavy atom. The number of quaternary nitrogens is 1. The molecule has 3 N–H and O–H groups in total. The maximum atomic E-state index is 12.7. The summed E-state index contributed by atoms with van der Waals surface area (Å²) in [6.07, 6.45) is 6.02. The van der Waals surface area contributed by atoms with Crippen LogP contribution in [0.15, 0.2) is 54.6 Å². The number of rotatable bonds is 6. The molecular weight excluding hydrogens is 320 g/mol. The van der Waals surface area contributed by atoms with Crippen molar-refractivity contribution in [3.8, 4) is 0 Å². The van der Waals surface area contributed by atoms with E-state index < -0.39 is 0 Å². The second-order valence-electron chi connectivity index (χ2n) is 7.62. The molecule has 0 unspecified atom stereocenters. The minimum absolute atomic E-state index is 0.122. The average molecular weight is 352 g/mol. The predicted octanol–water partition coefficient (Wildman–Crippen LogP) is 3.49. The molecule has 1 aliphatic rings. The molecule has 0 radical (unpaired) electrons. The number of hydrogen-bond acceptors (Lipinski definition) is 1. The van der Waals surface area contributed by atoms with Crippen molar-refractivity contribution in [2.75, 3.05) is 0 Å². The number of hydrogen-bond donors (Lipinski definition) is 2. The first-order valence-electron chi connectivity index (χ1n) is 9.90. The van der Waals surface area contributed by atoms with Gasteiger partial charge in [-0.2, -0.15) is 0 Å². The zero-order valence-electron chi connectivity index (χ0n) is 15.9. The first-order chi connectivity index (χ1) is 12.6. The van der Waals surface area contributed by atoms with E-state index in [1.54, 1.807) is 0 Å². The molecule has 3 heteroatoms. The van der Waals surface area contributed by atoms with Gasteiger partial charge in [0.15, 0.2) is 6.04 Å². The third kappa shape index (κ3) is 4.95. The van der Waals surface area contributed by atoms with Gasteiger partial charge in [0.05, 0.1) is 0 Å². The van der Waals surface area contributed by atoms with Gasteiger partial charge in [-0.05, 0) is 26.7 Å². The second kappa shape index (κ2) is 9.00. The lowest BCUT2D eigenvalue weighted by atomic mass is 9.95. The lowest BCUT2D eigenvalue weighted by Crippen LogP contribution is -2.93. The van der Waals surface area contributed by atoms with Crippen LogP contribution in [-0.4, -0.2) is 18.0 Å². The highest BCUT2D eigenvalue weighted by Crippen LogP contribution is 2.19. The van der Waals surface area contributed by atoms with Gasteiger partial charge in [0, 0.05) is 17.2 Å². The number of amides is 1. The molecule has 2 aromatic carbocycles. The van der Waals surface area contributed by atoms with Gasteiger partial charge in [-0.3, -0.25) is 4.79 Å². The number of carbonyl (C=O) groups is 1. The van der Waals surface area contributed by atoms with E-state index in [1.807, 2.05) is 13.0 Å². The smallest absolute Gasteiger partial charge is 0.278 e. The summed E-state index contributed by atoms with van der Waals surface area (Å²) in [4.78, 5) is 12.7. The van der Waals surface area contributed by atoms with E-state index in [0.717, 1.165) is 12.8 Å². The van der Waals surface area contributed by atoms with E-state index >= 15 is 0 Å². The van der Waals surface area contributed by atoms with Crippen molar-refractivity contribution in [1.82, 2.24) is 5.32 Å². The summed E-state index contributed by atoms with van der Waals surface area (Å²) in [5.41, 5.74) is 3.72. The van der Waals surface area contributed by atoms with Crippen molar-refractivity contribution in [2.45, 2.75) is 64.1 Å². The highest BCUT2D eigenvalue weighted by Gasteiger charge is 2.26. The molecule has 3 rings (SSSR count). The lowest BCUT2D eigenvalue weighted by Gasteiger charge is -2.25. The van der Waals surface area contributed by atoms with Crippen LogP contribution >= 0.6 is 0 Å². The molecule has 0 bridgehead atoms. The summed E-state index contributed by atoms with van der Waals surface area (Å²) >= 11 is 0. The summed E-state index contributed by atoms with van der Waals surface area (Å²) < 4.78 is 0. The van der Waals surface area contributed by atoms with E-state index in [0.29, 0.717) is 6.04 Å². The van der Waals surface area contributed by atoms with Crippen LogP contribution in [-0.2, 0) is 4.79 Å². The Balaban J connectivity index is 1.72. The second-order valence-corrected chi connectivity index (χ2v) is 7.62. The molecule has 3 nitrogen and oxygen atoms in total. The maximum absolute atomic E-state index is 12.7. The molecule has 0 heterocycles. The Morgan fingerprint density at radius 2 is 1.58 bits per heavy atom. The van der Waals surface area contributed by atoms with Crippen LogP contribution in [0, 0.1) is 6.92 Å². The molecule has 138 valence electrons. The minimum atomic E-state index is -0.122. The van der Waals surface area contributed by atoms with Crippen LogP contribution in [0.1, 0.15) is 61.8 Å². The number of nitrogens with one attached hydrogen (secondary N) is 1. The van der Waals surface area contributed by atoms with E-state index in [9.17, 15) is 4.79 Å². The van der Waals surface area contributed by atoms with Gasteiger partial charge in [0.1, 0.15) is 6.04 Å². The van der Waals surface area contributed by atoms with Crippen LogP contribution in [0.4, 0.5) is 0 Å². The first-order valence-corrected chi connectivity index (χ1v) is 9.90. The van der Waals surface area contributed by atoms with Gasteiger partial charge in [0.25, 0.3) is 5.91 Å². The van der Waals surface area contributed by atoms with Gasteiger partial charge >= 0.3 is 0 Å². The quantitative estimate of drug-likeness (QED) is 0.822. The molecule has 2 aromatic rings. The SMILES string of the molecule is Cc1ccc([C@H]([NH2+][C@@H](C)C(=O)NC2CCCCC2)c2ccccc2)cc1. The fraction of sp³-hybridized carbons (Fsp3) is 0.435. The van der Waals surface area contributed by atoms with Crippen molar-refractivity contribution >= 4 is 5.91 Å². The molecule has 26 heavy (non-hydrogen) atoms. The van der Waals surface area contributed by atoms with Gasteiger partial charge in [-0.1, -0.05) is 79.4 Å². The van der Waals surface area contributed by atoms with Crippen LogP contribution in [0.3, 0.4) is 0 Å². The van der Waals surface area contributed by atoms with E-state index in [4.69, 9.17) is 0 Å². The number of nitrogens with two attached hydrogens (primary N) is 1. The van der Waals surface area contributed by atoms with Gasteiger partial charge < -0.3 is 10.6 Å². The molecule has 1 fully saturated rings. The lowest BCUT2D eigenvalue weighted by molar-refractivity contribution is -0.704. The third-order valence-corrected chi connectivity index (χ3v) is 5.44. The Bertz CT molecular complexity index is 690. The maximum Gasteiger partial charge on any atom is 0.278 e. The summed E-state index contributed by atoms with van der Waals surface area (Å²) in [5, 5.41) is 5.46. The Labute approximate surface area is 157 Å². The van der Waals surface area contributed by atoms with Crippen molar-refractivity contribution in [1.29, 1.82) is 0 Å². The fourth-order valence-corrected chi connectivity index (χ4v) is 3.80. The Kier molecular flexibility index (Phi) is 6.45. The standard InChI is InChI=1S/C23H30N2O/c1-17-13-15-20(16-14-17)22(19-9-5-3-6-10-19)24-18(2)23(26)25-21-11-7-4-8-12-21/h3,5-6,9-10,13-16,18,21-22,24H,4,7-8,11-12H2,1-2H3,(H,25,26)/p+1/t18-,22+/m0/s1. The molecule has 1 saturated carbocycles. The summed E-state index contributed by atoms with van der Waals surface area (Å²) in [6, 6.07) is 19.5. The molecule has 0 aromatic heterocycles. The van der Waals surface area contributed by atoms with Gasteiger partial charge in [-0.25, -0.2) is 0 Å². The highest BCUT2D eigenvalue weighted by atomic mass is 16.2. The van der Waals surface area contributed by atoms with Crippen LogP contribution in [0.25, 0.3) is 0 Å². The summed E-state index contributed by atoms with van der Waals surface area (Å²) in [5.74, 6) is 0.157. The third-order valence-electron chi connectivity index (χ3n) is 5.44. The van der Waals surface area contributed by atoms with E-state index in [-0.39, 0.29) is 18.0 Å². The molecule has 0 spiro atoms. The average Bonchev–Trinajstić information content (AvgIpc) is 2.68. The molecule has 2 atom stereocenters. The number of benzene rings is 2. The summed E-state index contributed by atoms with van der Waals surface area (Å²) in [6.45, 7) is 4.12. The number of carbonyl (C=O) groups excluding carboxylic acids is 1. The first kappa shape index (κ1) is 18.7. The fourth-order valence-electron chi connectivity index (χ4n) is 3.80. The zero-order chi connectivity index (χ0) is 18.4. The zero-order valence-corrected chi connectivity index (χ0v) is 15.9. The van der Waals surface area contributed by atoms with Crippen molar-refractivity contribution in [3.05, 3.63) is 71.3 Å². The van der Waals surface area contributed by atoms with Crippen LogP contribution < -0.4 is 10.6 Å². The molecule has 1 aliphatic carbocycles. The molecule has 0 aliphatic heterocycles. The van der Waals surface area contributed by atoms with Crippen molar-refractivity contribution < 1.29 is 10.1 Å².